The second kappa shape index (κ2) is 4.93. The number of rotatable bonds is 3. The number of halogens is 1. The number of hydrogen-bond donors (Lipinski definition) is 1. The molecule has 0 spiro atoms. The van der Waals surface area contributed by atoms with Gasteiger partial charge < -0.3 is 10.5 Å². The van der Waals surface area contributed by atoms with E-state index in [1.54, 1.807) is 12.1 Å². The number of ether oxygens (including phenoxy) is 1. The molecule has 2 N–H and O–H groups in total. The Bertz CT molecular complexity index is 327. The van der Waals surface area contributed by atoms with Crippen molar-refractivity contribution in [2.24, 2.45) is 5.73 Å². The van der Waals surface area contributed by atoms with Crippen molar-refractivity contribution < 1.29 is 9.13 Å². The highest BCUT2D eigenvalue weighted by molar-refractivity contribution is 5.20. The van der Waals surface area contributed by atoms with E-state index in [9.17, 15) is 4.39 Å². The third-order valence-corrected chi connectivity index (χ3v) is 2.16. The minimum absolute atomic E-state index is 0.135. The normalized spacial score (nSPS) is 15.9. The molecule has 1 aromatic carbocycles. The van der Waals surface area contributed by atoms with Crippen molar-refractivity contribution in [1.82, 2.24) is 0 Å². The zero-order chi connectivity index (χ0) is 12.3. The molecule has 3 heteroatoms. The topological polar surface area (TPSA) is 35.2 Å². The molecule has 0 fully saturated rings. The predicted octanol–water partition coefficient (Wildman–Crippen LogP) is 3.03. The lowest BCUT2D eigenvalue weighted by Crippen LogP contribution is -2.33. The number of nitrogens with two attached hydrogens (primary N) is 1. The van der Waals surface area contributed by atoms with E-state index in [0.717, 1.165) is 5.56 Å². The van der Waals surface area contributed by atoms with Gasteiger partial charge in [0.1, 0.15) is 5.82 Å². The van der Waals surface area contributed by atoms with Crippen molar-refractivity contribution in [1.29, 1.82) is 0 Å². The molecule has 2 atom stereocenters. The molecule has 0 radical (unpaired) electrons. The Morgan fingerprint density at radius 1 is 1.19 bits per heavy atom. The second-order valence-electron chi connectivity index (χ2n) is 5.06. The fourth-order valence-electron chi connectivity index (χ4n) is 1.51. The molecule has 0 heterocycles. The van der Waals surface area contributed by atoms with Gasteiger partial charge in [-0.15, -0.1) is 0 Å². The summed E-state index contributed by atoms with van der Waals surface area (Å²) in [6.07, 6.45) is -0.208. The van der Waals surface area contributed by atoms with Crippen LogP contribution in [-0.2, 0) is 4.74 Å². The van der Waals surface area contributed by atoms with E-state index in [2.05, 4.69) is 0 Å². The average Bonchev–Trinajstić information content (AvgIpc) is 2.14. The van der Waals surface area contributed by atoms with E-state index >= 15 is 0 Å². The second-order valence-corrected chi connectivity index (χ2v) is 5.06. The van der Waals surface area contributed by atoms with Gasteiger partial charge in [0.05, 0.1) is 11.7 Å². The molecule has 0 amide bonds. The Hall–Kier alpha value is -0.930. The van der Waals surface area contributed by atoms with E-state index in [1.807, 2.05) is 27.7 Å². The third-order valence-electron chi connectivity index (χ3n) is 2.16. The molecule has 2 unspecified atom stereocenters. The molecule has 0 aromatic heterocycles. The van der Waals surface area contributed by atoms with Crippen LogP contribution >= 0.6 is 0 Å². The maximum Gasteiger partial charge on any atom is 0.123 e. The average molecular weight is 225 g/mol. The van der Waals surface area contributed by atoms with Crippen LogP contribution in [0.15, 0.2) is 24.3 Å². The SMILES string of the molecule is CC(N)C(OC(C)(C)C)c1ccc(F)cc1. The van der Waals surface area contributed by atoms with Gasteiger partial charge in [-0.25, -0.2) is 4.39 Å². The molecule has 0 aliphatic carbocycles. The van der Waals surface area contributed by atoms with Gasteiger partial charge in [0.2, 0.25) is 0 Å². The summed E-state index contributed by atoms with van der Waals surface area (Å²) in [7, 11) is 0. The maximum atomic E-state index is 12.8. The monoisotopic (exact) mass is 225 g/mol. The molecule has 0 aliphatic rings. The van der Waals surface area contributed by atoms with Crippen molar-refractivity contribution in [3.63, 3.8) is 0 Å². The lowest BCUT2D eigenvalue weighted by atomic mass is 10.0. The smallest absolute Gasteiger partial charge is 0.123 e. The van der Waals surface area contributed by atoms with Crippen LogP contribution in [0.2, 0.25) is 0 Å². The summed E-state index contributed by atoms with van der Waals surface area (Å²) >= 11 is 0. The summed E-state index contributed by atoms with van der Waals surface area (Å²) in [6, 6.07) is 6.15. The van der Waals surface area contributed by atoms with E-state index in [0.29, 0.717) is 0 Å². The van der Waals surface area contributed by atoms with E-state index < -0.39 is 0 Å². The molecule has 1 aromatic rings. The van der Waals surface area contributed by atoms with Gasteiger partial charge in [-0.05, 0) is 45.4 Å². The summed E-state index contributed by atoms with van der Waals surface area (Å²) in [4.78, 5) is 0. The highest BCUT2D eigenvalue weighted by atomic mass is 19.1. The first kappa shape index (κ1) is 13.1. The van der Waals surface area contributed by atoms with Crippen LogP contribution in [0.4, 0.5) is 4.39 Å². The summed E-state index contributed by atoms with van der Waals surface area (Å²) in [5, 5.41) is 0. The van der Waals surface area contributed by atoms with Crippen LogP contribution in [0.1, 0.15) is 39.4 Å². The van der Waals surface area contributed by atoms with Gasteiger partial charge in [-0.2, -0.15) is 0 Å². The van der Waals surface area contributed by atoms with Gasteiger partial charge in [0.15, 0.2) is 0 Å². The van der Waals surface area contributed by atoms with E-state index in [1.165, 1.54) is 12.1 Å². The molecule has 90 valence electrons. The lowest BCUT2D eigenvalue weighted by molar-refractivity contribution is -0.0701. The van der Waals surface area contributed by atoms with Crippen molar-refractivity contribution in [3.8, 4) is 0 Å². The molecular weight excluding hydrogens is 205 g/mol. The number of hydrogen-bond acceptors (Lipinski definition) is 2. The van der Waals surface area contributed by atoms with Crippen molar-refractivity contribution in [2.75, 3.05) is 0 Å². The van der Waals surface area contributed by atoms with Crippen molar-refractivity contribution in [3.05, 3.63) is 35.6 Å². The largest absolute Gasteiger partial charge is 0.366 e. The molecule has 0 saturated carbocycles. The summed E-state index contributed by atoms with van der Waals surface area (Å²) in [5.74, 6) is -0.247. The van der Waals surface area contributed by atoms with Crippen LogP contribution in [0.25, 0.3) is 0 Å². The summed E-state index contributed by atoms with van der Waals surface area (Å²) in [6.45, 7) is 7.82. The zero-order valence-corrected chi connectivity index (χ0v) is 10.3. The molecule has 0 saturated heterocycles. The predicted molar refractivity (Wildman–Crippen MR) is 63.6 cm³/mol. The van der Waals surface area contributed by atoms with Gasteiger partial charge in [0.25, 0.3) is 0 Å². The van der Waals surface area contributed by atoms with Crippen LogP contribution in [0.3, 0.4) is 0 Å². The van der Waals surface area contributed by atoms with E-state index in [4.69, 9.17) is 10.5 Å². The van der Waals surface area contributed by atoms with E-state index in [-0.39, 0.29) is 23.6 Å². The zero-order valence-electron chi connectivity index (χ0n) is 10.3. The first-order valence-corrected chi connectivity index (χ1v) is 5.48. The number of benzene rings is 1. The lowest BCUT2D eigenvalue weighted by Gasteiger charge is -2.30. The van der Waals surface area contributed by atoms with Gasteiger partial charge in [0, 0.05) is 6.04 Å². The Kier molecular flexibility index (Phi) is 4.05. The highest BCUT2D eigenvalue weighted by Gasteiger charge is 2.23. The van der Waals surface area contributed by atoms with Crippen molar-refractivity contribution in [2.45, 2.75) is 45.4 Å². The fourth-order valence-corrected chi connectivity index (χ4v) is 1.51. The molecular formula is C13H20FNO. The molecule has 2 nitrogen and oxygen atoms in total. The highest BCUT2D eigenvalue weighted by Crippen LogP contribution is 2.26. The summed E-state index contributed by atoms with van der Waals surface area (Å²) in [5.41, 5.74) is 6.53. The quantitative estimate of drug-likeness (QED) is 0.858. The molecule has 16 heavy (non-hydrogen) atoms. The van der Waals surface area contributed by atoms with Crippen LogP contribution < -0.4 is 5.73 Å². The molecule has 1 rings (SSSR count). The maximum absolute atomic E-state index is 12.8. The van der Waals surface area contributed by atoms with Gasteiger partial charge >= 0.3 is 0 Å². The Morgan fingerprint density at radius 3 is 2.06 bits per heavy atom. The fraction of sp³-hybridized carbons (Fsp3) is 0.538. The van der Waals surface area contributed by atoms with Crippen molar-refractivity contribution >= 4 is 0 Å². The molecule has 0 aliphatic heterocycles. The summed E-state index contributed by atoms with van der Waals surface area (Å²) < 4.78 is 18.7. The Morgan fingerprint density at radius 2 is 1.69 bits per heavy atom. The Labute approximate surface area is 96.6 Å². The van der Waals surface area contributed by atoms with Crippen LogP contribution in [-0.4, -0.2) is 11.6 Å². The standard InChI is InChI=1S/C13H20FNO/c1-9(15)12(16-13(2,3)4)10-5-7-11(14)8-6-10/h5-9,12H,15H2,1-4H3. The Balaban J connectivity index is 2.90. The molecule has 0 bridgehead atoms. The van der Waals surface area contributed by atoms with Crippen LogP contribution in [0, 0.1) is 5.82 Å². The first-order chi connectivity index (χ1) is 7.29. The van der Waals surface area contributed by atoms with Gasteiger partial charge in [-0.1, -0.05) is 12.1 Å². The minimum atomic E-state index is -0.271. The van der Waals surface area contributed by atoms with Gasteiger partial charge in [-0.3, -0.25) is 0 Å². The minimum Gasteiger partial charge on any atom is -0.366 e. The third kappa shape index (κ3) is 3.91. The first-order valence-electron chi connectivity index (χ1n) is 5.48. The van der Waals surface area contributed by atoms with Crippen LogP contribution in [0.5, 0.6) is 0 Å².